The van der Waals surface area contributed by atoms with Gasteiger partial charge in [0.25, 0.3) is 0 Å². The first kappa shape index (κ1) is 17.8. The van der Waals surface area contributed by atoms with E-state index in [0.29, 0.717) is 25.6 Å². The van der Waals surface area contributed by atoms with Gasteiger partial charge in [-0.05, 0) is 50.6 Å². The third-order valence-electron chi connectivity index (χ3n) is 6.36. The second kappa shape index (κ2) is 7.62. The Morgan fingerprint density at radius 2 is 2.07 bits per heavy atom. The van der Waals surface area contributed by atoms with Crippen molar-refractivity contribution in [3.05, 3.63) is 40.7 Å². The minimum Gasteiger partial charge on any atom is -0.338 e. The molecule has 2 aliphatic heterocycles. The molecule has 0 bridgehead atoms. The van der Waals surface area contributed by atoms with E-state index in [9.17, 15) is 4.79 Å². The monoisotopic (exact) mass is 380 g/mol. The van der Waals surface area contributed by atoms with Crippen molar-refractivity contribution in [3.8, 4) is 0 Å². The van der Waals surface area contributed by atoms with E-state index in [1.54, 1.807) is 0 Å². The summed E-state index contributed by atoms with van der Waals surface area (Å²) in [5.74, 6) is 1.12. The fraction of sp³-hybridized carbons (Fsp3) is 0.619. The van der Waals surface area contributed by atoms with Crippen LogP contribution in [0.2, 0.25) is 0 Å². The summed E-state index contributed by atoms with van der Waals surface area (Å²) < 4.78 is 2.05. The lowest BCUT2D eigenvalue weighted by Gasteiger charge is -2.28. The molecular weight excluding hydrogens is 352 g/mol. The molecule has 0 radical (unpaired) electrons. The van der Waals surface area contributed by atoms with Crippen LogP contribution in [0.15, 0.2) is 12.4 Å². The third-order valence-corrected chi connectivity index (χ3v) is 6.36. The first-order valence-electron chi connectivity index (χ1n) is 10.7. The first-order valence-corrected chi connectivity index (χ1v) is 10.7. The number of hydrogen-bond donors (Lipinski definition) is 1. The van der Waals surface area contributed by atoms with Crippen molar-refractivity contribution in [2.75, 3.05) is 13.1 Å². The van der Waals surface area contributed by atoms with E-state index in [4.69, 9.17) is 4.98 Å². The highest BCUT2D eigenvalue weighted by Gasteiger charge is 2.25. The maximum absolute atomic E-state index is 12.8. The van der Waals surface area contributed by atoms with Gasteiger partial charge in [0.15, 0.2) is 0 Å². The highest BCUT2D eigenvalue weighted by atomic mass is 16.2. The number of nitrogens with one attached hydrogen (secondary N) is 1. The molecule has 1 amide bonds. The second-order valence-electron chi connectivity index (χ2n) is 8.21. The standard InChI is InChI=1S/C21H28N6O/c28-20(8-11-27-19-6-2-1-4-15(19)13-24-27)26-10-7-17-16(14-26)12-23-21(25-17)18-5-3-9-22-18/h12-13,18,22H,1-11,14H2/t18-/m1/s1. The normalized spacial score (nSPS) is 21.4. The first-order chi connectivity index (χ1) is 13.8. The zero-order valence-corrected chi connectivity index (χ0v) is 16.4. The molecule has 7 heteroatoms. The Morgan fingerprint density at radius 3 is 2.96 bits per heavy atom. The van der Waals surface area contributed by atoms with Crippen LogP contribution in [0.1, 0.15) is 66.5 Å². The lowest BCUT2D eigenvalue weighted by molar-refractivity contribution is -0.132. The lowest BCUT2D eigenvalue weighted by Crippen LogP contribution is -2.37. The quantitative estimate of drug-likeness (QED) is 0.877. The molecule has 1 N–H and O–H groups in total. The van der Waals surface area contributed by atoms with Gasteiger partial charge in [0.1, 0.15) is 5.82 Å². The van der Waals surface area contributed by atoms with Gasteiger partial charge in [-0.1, -0.05) is 0 Å². The van der Waals surface area contributed by atoms with Crippen molar-refractivity contribution in [3.63, 3.8) is 0 Å². The molecule has 1 saturated heterocycles. The number of carbonyl (C=O) groups excluding carboxylic acids is 1. The van der Waals surface area contributed by atoms with Crippen LogP contribution in [-0.4, -0.2) is 43.6 Å². The van der Waals surface area contributed by atoms with Crippen LogP contribution >= 0.6 is 0 Å². The van der Waals surface area contributed by atoms with Gasteiger partial charge in [-0.3, -0.25) is 9.48 Å². The molecule has 148 valence electrons. The number of nitrogens with zero attached hydrogens (tertiary/aromatic N) is 5. The Hall–Kier alpha value is -2.28. The zero-order valence-electron chi connectivity index (χ0n) is 16.4. The van der Waals surface area contributed by atoms with Crippen molar-refractivity contribution in [2.45, 2.75) is 70.5 Å². The van der Waals surface area contributed by atoms with E-state index in [1.807, 2.05) is 22.0 Å². The van der Waals surface area contributed by atoms with Crippen LogP contribution in [0.4, 0.5) is 0 Å². The summed E-state index contributed by atoms with van der Waals surface area (Å²) in [5.41, 5.74) is 4.92. The molecule has 0 aromatic carbocycles. The van der Waals surface area contributed by atoms with Gasteiger partial charge >= 0.3 is 0 Å². The molecule has 7 nitrogen and oxygen atoms in total. The molecule has 1 aliphatic carbocycles. The fourth-order valence-corrected chi connectivity index (χ4v) is 4.73. The number of hydrogen-bond acceptors (Lipinski definition) is 5. The average Bonchev–Trinajstić information content (AvgIpc) is 3.41. The topological polar surface area (TPSA) is 75.9 Å². The molecule has 2 aromatic rings. The predicted molar refractivity (Wildman–Crippen MR) is 105 cm³/mol. The van der Waals surface area contributed by atoms with Crippen LogP contribution in [-0.2, 0) is 37.1 Å². The highest BCUT2D eigenvalue weighted by Crippen LogP contribution is 2.24. The fourth-order valence-electron chi connectivity index (χ4n) is 4.73. The molecule has 0 saturated carbocycles. The predicted octanol–water partition coefficient (Wildman–Crippen LogP) is 1.95. The second-order valence-corrected chi connectivity index (χ2v) is 8.21. The Bertz CT molecular complexity index is 870. The SMILES string of the molecule is O=C(CCn1ncc2c1CCCC2)N1CCc2nc([C@H]3CCCN3)ncc2C1. The van der Waals surface area contributed by atoms with Gasteiger partial charge in [-0.15, -0.1) is 0 Å². The van der Waals surface area contributed by atoms with Crippen LogP contribution in [0, 0.1) is 0 Å². The van der Waals surface area contributed by atoms with E-state index < -0.39 is 0 Å². The molecule has 0 spiro atoms. The maximum Gasteiger partial charge on any atom is 0.224 e. The number of aryl methyl sites for hydroxylation is 2. The summed E-state index contributed by atoms with van der Waals surface area (Å²) in [6.45, 7) is 3.11. The number of aromatic nitrogens is 4. The highest BCUT2D eigenvalue weighted by molar-refractivity contribution is 5.76. The summed E-state index contributed by atoms with van der Waals surface area (Å²) in [4.78, 5) is 24.1. The third kappa shape index (κ3) is 3.43. The Kier molecular flexibility index (Phi) is 4.84. The Morgan fingerprint density at radius 1 is 1.14 bits per heavy atom. The van der Waals surface area contributed by atoms with Gasteiger partial charge in [-0.25, -0.2) is 9.97 Å². The molecule has 28 heavy (non-hydrogen) atoms. The zero-order chi connectivity index (χ0) is 18.9. The van der Waals surface area contributed by atoms with E-state index >= 15 is 0 Å². The van der Waals surface area contributed by atoms with Crippen molar-refractivity contribution >= 4 is 5.91 Å². The van der Waals surface area contributed by atoms with Crippen molar-refractivity contribution in [1.82, 2.24) is 30.0 Å². The summed E-state index contributed by atoms with van der Waals surface area (Å²) in [7, 11) is 0. The van der Waals surface area contributed by atoms with Gasteiger partial charge in [0.2, 0.25) is 5.91 Å². The Labute approximate surface area is 165 Å². The van der Waals surface area contributed by atoms with Crippen molar-refractivity contribution < 1.29 is 4.79 Å². The molecular formula is C21H28N6O. The molecule has 4 heterocycles. The number of rotatable bonds is 4. The summed E-state index contributed by atoms with van der Waals surface area (Å²) >= 11 is 0. The summed E-state index contributed by atoms with van der Waals surface area (Å²) in [6.07, 6.45) is 12.3. The Balaban J connectivity index is 1.21. The number of fused-ring (bicyclic) bond motifs is 2. The van der Waals surface area contributed by atoms with Gasteiger partial charge in [-0.2, -0.15) is 5.10 Å². The molecule has 2 aromatic heterocycles. The van der Waals surface area contributed by atoms with Crippen LogP contribution in [0.5, 0.6) is 0 Å². The van der Waals surface area contributed by atoms with Crippen LogP contribution in [0.3, 0.4) is 0 Å². The van der Waals surface area contributed by atoms with Crippen molar-refractivity contribution in [1.29, 1.82) is 0 Å². The molecule has 0 unspecified atom stereocenters. The van der Waals surface area contributed by atoms with Gasteiger partial charge in [0, 0.05) is 49.9 Å². The van der Waals surface area contributed by atoms with Crippen molar-refractivity contribution in [2.24, 2.45) is 0 Å². The smallest absolute Gasteiger partial charge is 0.224 e. The molecule has 1 atom stereocenters. The minimum atomic E-state index is 0.201. The summed E-state index contributed by atoms with van der Waals surface area (Å²) in [5, 5.41) is 7.98. The number of carbonyl (C=O) groups is 1. The van der Waals surface area contributed by atoms with E-state index in [0.717, 1.165) is 55.9 Å². The largest absolute Gasteiger partial charge is 0.338 e. The van der Waals surface area contributed by atoms with Crippen LogP contribution in [0.25, 0.3) is 0 Å². The van der Waals surface area contributed by atoms with E-state index in [1.165, 1.54) is 30.5 Å². The van der Waals surface area contributed by atoms with E-state index in [2.05, 4.69) is 15.4 Å². The van der Waals surface area contributed by atoms with Crippen LogP contribution < -0.4 is 5.32 Å². The lowest BCUT2D eigenvalue weighted by atomic mass is 9.98. The van der Waals surface area contributed by atoms with Gasteiger partial charge in [0.05, 0.1) is 17.9 Å². The molecule has 3 aliphatic rings. The average molecular weight is 380 g/mol. The summed E-state index contributed by atoms with van der Waals surface area (Å²) in [6, 6.07) is 0.296. The minimum absolute atomic E-state index is 0.201. The molecule has 5 rings (SSSR count). The van der Waals surface area contributed by atoms with Gasteiger partial charge < -0.3 is 10.2 Å². The molecule has 1 fully saturated rings. The maximum atomic E-state index is 12.8. The number of amides is 1. The van der Waals surface area contributed by atoms with E-state index in [-0.39, 0.29) is 5.91 Å².